The minimum atomic E-state index is 0.720. The van der Waals surface area contributed by atoms with Gasteiger partial charge in [0, 0.05) is 13.2 Å². The van der Waals surface area contributed by atoms with Crippen molar-refractivity contribution in [2.45, 2.75) is 20.0 Å². The van der Waals surface area contributed by atoms with Gasteiger partial charge in [0.2, 0.25) is 0 Å². The molecule has 0 N–H and O–H groups in total. The lowest BCUT2D eigenvalue weighted by Gasteiger charge is -2.19. The van der Waals surface area contributed by atoms with Crippen LogP contribution in [-0.2, 0) is 17.8 Å². The van der Waals surface area contributed by atoms with Crippen molar-refractivity contribution < 1.29 is 13.6 Å². The fourth-order valence-corrected chi connectivity index (χ4v) is 1.80. The van der Waals surface area contributed by atoms with Gasteiger partial charge in [-0.25, -0.2) is 0 Å². The van der Waals surface area contributed by atoms with Crippen LogP contribution in [0, 0.1) is 0 Å². The zero-order valence-corrected chi connectivity index (χ0v) is 10.7. The average molecular weight is 249 g/mol. The summed E-state index contributed by atoms with van der Waals surface area (Å²) in [4.78, 5) is 2.24. The molecular weight excluding hydrogens is 230 g/mol. The third-order valence-electron chi connectivity index (χ3n) is 2.68. The topological polar surface area (TPSA) is 38.8 Å². The molecule has 2 heterocycles. The van der Waals surface area contributed by atoms with E-state index < -0.39 is 0 Å². The molecule has 2 aromatic heterocycles. The van der Waals surface area contributed by atoms with E-state index in [0.717, 1.165) is 44.4 Å². The van der Waals surface area contributed by atoms with Crippen LogP contribution >= 0.6 is 0 Å². The maximum absolute atomic E-state index is 5.40. The normalized spacial score (nSPS) is 11.2. The first-order valence-electron chi connectivity index (χ1n) is 6.23. The van der Waals surface area contributed by atoms with Crippen LogP contribution < -0.4 is 0 Å². The molecule has 0 amide bonds. The molecule has 0 bridgehead atoms. The number of hydrogen-bond acceptors (Lipinski definition) is 4. The van der Waals surface area contributed by atoms with E-state index in [0.29, 0.717) is 0 Å². The van der Waals surface area contributed by atoms with Gasteiger partial charge in [0.05, 0.1) is 32.2 Å². The molecule has 0 spiro atoms. The van der Waals surface area contributed by atoms with Crippen LogP contribution in [0.4, 0.5) is 0 Å². The third-order valence-corrected chi connectivity index (χ3v) is 2.68. The molecule has 98 valence electrons. The quantitative estimate of drug-likeness (QED) is 0.674. The van der Waals surface area contributed by atoms with Crippen molar-refractivity contribution in [1.82, 2.24) is 4.90 Å². The molecule has 18 heavy (non-hydrogen) atoms. The van der Waals surface area contributed by atoms with E-state index in [1.54, 1.807) is 12.5 Å². The molecule has 4 nitrogen and oxygen atoms in total. The van der Waals surface area contributed by atoms with Gasteiger partial charge in [-0.2, -0.15) is 0 Å². The molecule has 2 rings (SSSR count). The molecule has 0 aliphatic carbocycles. The molecule has 0 radical (unpaired) electrons. The van der Waals surface area contributed by atoms with E-state index in [9.17, 15) is 0 Å². The van der Waals surface area contributed by atoms with Crippen molar-refractivity contribution in [3.05, 3.63) is 48.3 Å². The Morgan fingerprint density at radius 2 is 1.67 bits per heavy atom. The fraction of sp³-hybridized carbons (Fsp3) is 0.429. The van der Waals surface area contributed by atoms with Crippen LogP contribution in [0.2, 0.25) is 0 Å². The van der Waals surface area contributed by atoms with Crippen LogP contribution in [0.1, 0.15) is 18.4 Å². The number of ether oxygens (including phenoxy) is 1. The highest BCUT2D eigenvalue weighted by Gasteiger charge is 2.10. The Bertz CT molecular complexity index is 372. The first kappa shape index (κ1) is 12.9. The molecule has 0 aliphatic heterocycles. The molecule has 0 saturated heterocycles. The maximum Gasteiger partial charge on any atom is 0.117 e. The maximum atomic E-state index is 5.40. The summed E-state index contributed by atoms with van der Waals surface area (Å²) in [6.07, 6.45) is 3.39. The van der Waals surface area contributed by atoms with Crippen LogP contribution in [0.3, 0.4) is 0 Å². The summed E-state index contributed by atoms with van der Waals surface area (Å²) >= 11 is 0. The SMILES string of the molecule is CCOCCN(Cc1ccco1)Cc1ccco1. The summed E-state index contributed by atoms with van der Waals surface area (Å²) < 4.78 is 16.2. The van der Waals surface area contributed by atoms with Crippen molar-refractivity contribution >= 4 is 0 Å². The van der Waals surface area contributed by atoms with Crippen molar-refractivity contribution in [3.8, 4) is 0 Å². The molecule has 0 unspecified atom stereocenters. The number of furan rings is 2. The van der Waals surface area contributed by atoms with Crippen molar-refractivity contribution in [2.24, 2.45) is 0 Å². The number of rotatable bonds is 8. The van der Waals surface area contributed by atoms with Gasteiger partial charge in [-0.1, -0.05) is 0 Å². The molecule has 0 atom stereocenters. The Kier molecular flexibility index (Phi) is 5.05. The average Bonchev–Trinajstić information content (AvgIpc) is 3.02. The Hall–Kier alpha value is -1.52. The van der Waals surface area contributed by atoms with Crippen LogP contribution in [0.25, 0.3) is 0 Å². The largest absolute Gasteiger partial charge is 0.468 e. The first-order valence-corrected chi connectivity index (χ1v) is 6.23. The Labute approximate surface area is 107 Å². The predicted octanol–water partition coefficient (Wildman–Crippen LogP) is 2.91. The molecular formula is C14H19NO3. The molecule has 0 fully saturated rings. The lowest BCUT2D eigenvalue weighted by atomic mass is 10.3. The van der Waals surface area contributed by atoms with Gasteiger partial charge in [-0.15, -0.1) is 0 Å². The van der Waals surface area contributed by atoms with Gasteiger partial charge in [0.25, 0.3) is 0 Å². The lowest BCUT2D eigenvalue weighted by Crippen LogP contribution is -2.26. The molecule has 0 aliphatic rings. The van der Waals surface area contributed by atoms with Crippen molar-refractivity contribution in [3.63, 3.8) is 0 Å². The van der Waals surface area contributed by atoms with E-state index in [2.05, 4.69) is 4.90 Å². The predicted molar refractivity (Wildman–Crippen MR) is 68.0 cm³/mol. The Morgan fingerprint density at radius 3 is 2.11 bits per heavy atom. The minimum Gasteiger partial charge on any atom is -0.468 e. The highest BCUT2D eigenvalue weighted by atomic mass is 16.5. The van der Waals surface area contributed by atoms with Crippen molar-refractivity contribution in [2.75, 3.05) is 19.8 Å². The van der Waals surface area contributed by atoms with Gasteiger partial charge in [0.15, 0.2) is 0 Å². The zero-order chi connectivity index (χ0) is 12.6. The summed E-state index contributed by atoms with van der Waals surface area (Å²) in [5.41, 5.74) is 0. The van der Waals surface area contributed by atoms with Gasteiger partial charge < -0.3 is 13.6 Å². The summed E-state index contributed by atoms with van der Waals surface area (Å²) in [7, 11) is 0. The summed E-state index contributed by atoms with van der Waals surface area (Å²) in [6, 6.07) is 7.78. The Balaban J connectivity index is 1.89. The highest BCUT2D eigenvalue weighted by Crippen LogP contribution is 2.10. The standard InChI is InChI=1S/C14H19NO3/c1-2-16-10-7-15(11-13-5-3-8-17-13)12-14-6-4-9-18-14/h3-6,8-9H,2,7,10-12H2,1H3. The molecule has 0 saturated carbocycles. The van der Waals surface area contributed by atoms with Gasteiger partial charge in [-0.3, -0.25) is 4.90 Å². The van der Waals surface area contributed by atoms with E-state index in [4.69, 9.17) is 13.6 Å². The van der Waals surface area contributed by atoms with Crippen LogP contribution in [0.5, 0.6) is 0 Å². The minimum absolute atomic E-state index is 0.720. The van der Waals surface area contributed by atoms with Crippen molar-refractivity contribution in [1.29, 1.82) is 0 Å². The van der Waals surface area contributed by atoms with Crippen LogP contribution in [0.15, 0.2) is 45.6 Å². The monoisotopic (exact) mass is 249 g/mol. The fourth-order valence-electron chi connectivity index (χ4n) is 1.80. The smallest absolute Gasteiger partial charge is 0.117 e. The van der Waals surface area contributed by atoms with Gasteiger partial charge in [-0.05, 0) is 31.2 Å². The van der Waals surface area contributed by atoms with E-state index in [1.807, 2.05) is 31.2 Å². The van der Waals surface area contributed by atoms with E-state index >= 15 is 0 Å². The number of hydrogen-bond donors (Lipinski definition) is 0. The molecule has 2 aromatic rings. The second kappa shape index (κ2) is 7.03. The molecule has 0 aromatic carbocycles. The van der Waals surface area contributed by atoms with Gasteiger partial charge >= 0.3 is 0 Å². The summed E-state index contributed by atoms with van der Waals surface area (Å²) in [5, 5.41) is 0. The highest BCUT2D eigenvalue weighted by molar-refractivity contribution is 5.01. The van der Waals surface area contributed by atoms with E-state index in [1.165, 1.54) is 0 Å². The number of nitrogens with zero attached hydrogens (tertiary/aromatic N) is 1. The lowest BCUT2D eigenvalue weighted by molar-refractivity contribution is 0.101. The van der Waals surface area contributed by atoms with E-state index in [-0.39, 0.29) is 0 Å². The second-order valence-electron chi connectivity index (χ2n) is 4.07. The Morgan fingerprint density at radius 1 is 1.06 bits per heavy atom. The van der Waals surface area contributed by atoms with Gasteiger partial charge in [0.1, 0.15) is 11.5 Å². The molecule has 4 heteroatoms. The first-order chi connectivity index (χ1) is 8.88. The zero-order valence-electron chi connectivity index (χ0n) is 10.7. The second-order valence-corrected chi connectivity index (χ2v) is 4.07. The summed E-state index contributed by atoms with van der Waals surface area (Å²) in [6.45, 7) is 5.85. The third kappa shape index (κ3) is 4.05. The summed E-state index contributed by atoms with van der Waals surface area (Å²) in [5.74, 6) is 1.91. The van der Waals surface area contributed by atoms with Crippen LogP contribution in [-0.4, -0.2) is 24.7 Å².